The standard InChI is InChI=1S/C17H23N5O2S/c1-3-24-17(23)21-11-9-20(10-12-21)13-22-16(25)19(2)15(18-22)14-7-5-4-6-8-14/h4-8H,3,9-13H2,1-2H3/p+1. The zero-order chi connectivity index (χ0) is 17.8. The summed E-state index contributed by atoms with van der Waals surface area (Å²) in [6.45, 7) is 6.05. The third-order valence-corrected chi connectivity index (χ3v) is 4.93. The number of aromatic nitrogens is 3. The zero-order valence-corrected chi connectivity index (χ0v) is 15.5. The minimum Gasteiger partial charge on any atom is -0.450 e. The molecule has 1 aliphatic heterocycles. The number of rotatable bonds is 4. The number of hydrogen-bond acceptors (Lipinski definition) is 4. The molecule has 1 N–H and O–H groups in total. The first-order chi connectivity index (χ1) is 12.1. The maximum Gasteiger partial charge on any atom is 0.410 e. The Labute approximate surface area is 152 Å². The van der Waals surface area contributed by atoms with E-state index in [9.17, 15) is 4.79 Å². The van der Waals surface area contributed by atoms with Crippen LogP contribution < -0.4 is 4.90 Å². The van der Waals surface area contributed by atoms with Gasteiger partial charge in [-0.25, -0.2) is 4.79 Å². The molecule has 134 valence electrons. The predicted molar refractivity (Wildman–Crippen MR) is 96.8 cm³/mol. The first-order valence-corrected chi connectivity index (χ1v) is 8.95. The molecule has 2 heterocycles. The minimum atomic E-state index is -0.220. The highest BCUT2D eigenvalue weighted by molar-refractivity contribution is 7.71. The van der Waals surface area contributed by atoms with E-state index in [2.05, 4.69) is 0 Å². The van der Waals surface area contributed by atoms with E-state index in [1.54, 1.807) is 4.90 Å². The van der Waals surface area contributed by atoms with Gasteiger partial charge in [0.15, 0.2) is 12.5 Å². The second kappa shape index (κ2) is 7.79. The van der Waals surface area contributed by atoms with Crippen molar-refractivity contribution in [1.29, 1.82) is 0 Å². The van der Waals surface area contributed by atoms with E-state index in [-0.39, 0.29) is 6.09 Å². The first-order valence-electron chi connectivity index (χ1n) is 8.54. The van der Waals surface area contributed by atoms with Crippen LogP contribution in [-0.4, -0.2) is 58.1 Å². The Morgan fingerprint density at radius 1 is 1.28 bits per heavy atom. The summed E-state index contributed by atoms with van der Waals surface area (Å²) in [5, 5.41) is 4.71. The molecule has 25 heavy (non-hydrogen) atoms. The van der Waals surface area contributed by atoms with Gasteiger partial charge in [-0.1, -0.05) is 30.3 Å². The lowest BCUT2D eigenvalue weighted by molar-refractivity contribution is -0.927. The van der Waals surface area contributed by atoms with E-state index in [4.69, 9.17) is 22.1 Å². The van der Waals surface area contributed by atoms with Crippen LogP contribution in [0, 0.1) is 4.77 Å². The van der Waals surface area contributed by atoms with Crippen LogP contribution in [0.25, 0.3) is 11.4 Å². The Balaban J connectivity index is 1.67. The number of nitrogens with one attached hydrogen (secondary N) is 1. The molecule has 8 heteroatoms. The van der Waals surface area contributed by atoms with Gasteiger partial charge in [-0.05, 0) is 19.1 Å². The third-order valence-electron chi connectivity index (χ3n) is 4.44. The molecule has 1 fully saturated rings. The van der Waals surface area contributed by atoms with Crippen LogP contribution in [0.1, 0.15) is 6.92 Å². The van der Waals surface area contributed by atoms with Crippen LogP contribution in [0.2, 0.25) is 0 Å². The van der Waals surface area contributed by atoms with Gasteiger partial charge < -0.3 is 14.2 Å². The van der Waals surface area contributed by atoms with E-state index in [0.29, 0.717) is 31.1 Å². The summed E-state index contributed by atoms with van der Waals surface area (Å²) >= 11 is 5.55. The lowest BCUT2D eigenvalue weighted by Crippen LogP contribution is -3.14. The molecular formula is C17H24N5O2S+. The Morgan fingerprint density at radius 3 is 2.60 bits per heavy atom. The van der Waals surface area contributed by atoms with Gasteiger partial charge in [0, 0.05) is 12.6 Å². The summed E-state index contributed by atoms with van der Waals surface area (Å²) in [7, 11) is 1.95. The maximum absolute atomic E-state index is 11.8. The Morgan fingerprint density at radius 2 is 1.96 bits per heavy atom. The van der Waals surface area contributed by atoms with Gasteiger partial charge >= 0.3 is 6.09 Å². The molecule has 2 aromatic rings. The Bertz CT molecular complexity index is 778. The molecule has 1 aliphatic rings. The number of benzene rings is 1. The molecule has 1 aromatic carbocycles. The largest absolute Gasteiger partial charge is 0.450 e. The number of carbonyl (C=O) groups excluding carboxylic acids is 1. The number of ether oxygens (including phenoxy) is 1. The van der Waals surface area contributed by atoms with Gasteiger partial charge in [-0.15, -0.1) is 5.10 Å². The van der Waals surface area contributed by atoms with Crippen molar-refractivity contribution in [2.45, 2.75) is 13.6 Å². The molecule has 3 rings (SSSR count). The van der Waals surface area contributed by atoms with Crippen molar-refractivity contribution in [3.8, 4) is 11.4 Å². The van der Waals surface area contributed by atoms with Gasteiger partial charge in [0.05, 0.1) is 32.8 Å². The van der Waals surface area contributed by atoms with Crippen LogP contribution >= 0.6 is 12.2 Å². The number of piperazine rings is 1. The molecule has 1 aromatic heterocycles. The van der Waals surface area contributed by atoms with Gasteiger partial charge in [0.2, 0.25) is 4.77 Å². The summed E-state index contributed by atoms with van der Waals surface area (Å²) in [6, 6.07) is 10.1. The molecule has 0 unspecified atom stereocenters. The molecule has 0 spiro atoms. The van der Waals surface area contributed by atoms with Crippen molar-refractivity contribution in [3.05, 3.63) is 35.1 Å². The molecule has 0 atom stereocenters. The Hall–Kier alpha value is -2.19. The number of amides is 1. The highest BCUT2D eigenvalue weighted by Crippen LogP contribution is 2.16. The molecule has 0 saturated carbocycles. The zero-order valence-electron chi connectivity index (χ0n) is 14.6. The van der Waals surface area contributed by atoms with Crippen molar-refractivity contribution < 1.29 is 14.4 Å². The van der Waals surface area contributed by atoms with Gasteiger partial charge in [0.25, 0.3) is 0 Å². The fraction of sp³-hybridized carbons (Fsp3) is 0.471. The SMILES string of the molecule is CCOC(=O)N1CC[NH+](Cn2nc(-c3ccccc3)n(C)c2=S)CC1. The van der Waals surface area contributed by atoms with Crippen molar-refractivity contribution in [1.82, 2.24) is 19.2 Å². The van der Waals surface area contributed by atoms with E-state index in [1.807, 2.05) is 53.6 Å². The summed E-state index contributed by atoms with van der Waals surface area (Å²) in [4.78, 5) is 14.9. The van der Waals surface area contributed by atoms with E-state index >= 15 is 0 Å². The van der Waals surface area contributed by atoms with Crippen LogP contribution in [-0.2, 0) is 18.5 Å². The summed E-state index contributed by atoms with van der Waals surface area (Å²) in [5.41, 5.74) is 1.05. The maximum atomic E-state index is 11.8. The molecule has 1 saturated heterocycles. The highest BCUT2D eigenvalue weighted by atomic mass is 32.1. The van der Waals surface area contributed by atoms with Gasteiger partial charge in [-0.3, -0.25) is 4.90 Å². The predicted octanol–water partition coefficient (Wildman–Crippen LogP) is 0.933. The average Bonchev–Trinajstić information content (AvgIpc) is 2.92. The first kappa shape index (κ1) is 17.6. The van der Waals surface area contributed by atoms with E-state index < -0.39 is 0 Å². The summed E-state index contributed by atoms with van der Waals surface area (Å²) in [6.07, 6.45) is -0.220. The average molecular weight is 362 g/mol. The van der Waals surface area contributed by atoms with Gasteiger partial charge in [0.1, 0.15) is 0 Å². The van der Waals surface area contributed by atoms with Crippen molar-refractivity contribution >= 4 is 18.3 Å². The molecule has 0 aliphatic carbocycles. The van der Waals surface area contributed by atoms with Crippen molar-refractivity contribution in [3.63, 3.8) is 0 Å². The van der Waals surface area contributed by atoms with Crippen LogP contribution in [0.4, 0.5) is 4.79 Å². The number of carbonyl (C=O) groups is 1. The molecule has 0 bridgehead atoms. The van der Waals surface area contributed by atoms with Gasteiger partial charge in [-0.2, -0.15) is 4.68 Å². The van der Waals surface area contributed by atoms with Crippen LogP contribution in [0.3, 0.4) is 0 Å². The second-order valence-electron chi connectivity index (χ2n) is 6.12. The second-order valence-corrected chi connectivity index (χ2v) is 6.49. The minimum absolute atomic E-state index is 0.220. The number of hydrogen-bond donors (Lipinski definition) is 1. The summed E-state index contributed by atoms with van der Waals surface area (Å²) < 4.78 is 9.60. The smallest absolute Gasteiger partial charge is 0.410 e. The molecule has 1 amide bonds. The van der Waals surface area contributed by atoms with E-state index in [0.717, 1.165) is 24.5 Å². The monoisotopic (exact) mass is 362 g/mol. The van der Waals surface area contributed by atoms with Crippen molar-refractivity contribution in [2.75, 3.05) is 32.8 Å². The normalized spacial score (nSPS) is 15.4. The lowest BCUT2D eigenvalue weighted by atomic mass is 10.2. The van der Waals surface area contributed by atoms with E-state index in [1.165, 1.54) is 4.90 Å². The van der Waals surface area contributed by atoms with Crippen molar-refractivity contribution in [2.24, 2.45) is 7.05 Å². The van der Waals surface area contributed by atoms with Crippen LogP contribution in [0.15, 0.2) is 30.3 Å². The number of quaternary nitrogens is 1. The highest BCUT2D eigenvalue weighted by Gasteiger charge is 2.25. The summed E-state index contributed by atoms with van der Waals surface area (Å²) in [5.74, 6) is 0.871. The molecular weight excluding hydrogens is 338 g/mol. The molecule has 7 nitrogen and oxygen atoms in total. The lowest BCUT2D eigenvalue weighted by Gasteiger charge is -2.31. The topological polar surface area (TPSA) is 56.7 Å². The Kier molecular flexibility index (Phi) is 5.50. The molecule has 0 radical (unpaired) electrons. The fourth-order valence-corrected chi connectivity index (χ4v) is 3.21. The fourth-order valence-electron chi connectivity index (χ4n) is 3.02. The number of nitrogens with zero attached hydrogens (tertiary/aromatic N) is 4. The quantitative estimate of drug-likeness (QED) is 0.823. The van der Waals surface area contributed by atoms with Crippen LogP contribution in [0.5, 0.6) is 0 Å². The third kappa shape index (κ3) is 3.91.